The van der Waals surface area contributed by atoms with E-state index < -0.39 is 47.9 Å². The van der Waals surface area contributed by atoms with Crippen molar-refractivity contribution in [1.82, 2.24) is 16.0 Å². The molecule has 0 bridgehead atoms. The number of ether oxygens (including phenoxy) is 2. The number of benzene rings is 3. The Bertz CT molecular complexity index is 1480. The average molecular weight is 628 g/mol. The fourth-order valence-electron chi connectivity index (χ4n) is 3.98. The molecule has 6 N–H and O–H groups in total. The second kappa shape index (κ2) is 15.9. The van der Waals surface area contributed by atoms with Gasteiger partial charge in [-0.2, -0.15) is 13.2 Å². The lowest BCUT2D eigenvalue weighted by atomic mass is 10.0. The van der Waals surface area contributed by atoms with Crippen LogP contribution in [-0.4, -0.2) is 42.0 Å². The van der Waals surface area contributed by atoms with Crippen LogP contribution in [0, 0.1) is 5.41 Å². The van der Waals surface area contributed by atoms with Crippen molar-refractivity contribution in [3.8, 4) is 0 Å². The van der Waals surface area contributed by atoms with E-state index in [9.17, 15) is 32.3 Å². The van der Waals surface area contributed by atoms with Gasteiger partial charge in [-0.1, -0.05) is 66.7 Å². The summed E-state index contributed by atoms with van der Waals surface area (Å²) in [5.41, 5.74) is 6.59. The van der Waals surface area contributed by atoms with Crippen molar-refractivity contribution in [2.45, 2.75) is 51.2 Å². The minimum absolute atomic E-state index is 0.0546. The Balaban J connectivity index is 1.45. The van der Waals surface area contributed by atoms with Crippen LogP contribution in [-0.2, 0) is 44.8 Å². The molecule has 2 unspecified atom stereocenters. The van der Waals surface area contributed by atoms with Crippen molar-refractivity contribution >= 4 is 29.8 Å². The molecule has 4 amide bonds. The molecule has 0 radical (unpaired) electrons. The van der Waals surface area contributed by atoms with E-state index in [1.807, 2.05) is 18.2 Å². The van der Waals surface area contributed by atoms with Crippen LogP contribution in [0.2, 0.25) is 0 Å². The smallest absolute Gasteiger partial charge is 0.416 e. The molecular weight excluding hydrogens is 595 g/mol. The average Bonchev–Trinajstić information content (AvgIpc) is 3.01. The van der Waals surface area contributed by atoms with Gasteiger partial charge in [0.2, 0.25) is 5.91 Å². The fourth-order valence-corrected chi connectivity index (χ4v) is 3.98. The van der Waals surface area contributed by atoms with E-state index in [1.165, 1.54) is 19.1 Å². The van der Waals surface area contributed by atoms with Crippen molar-refractivity contribution in [3.05, 3.63) is 107 Å². The van der Waals surface area contributed by atoms with E-state index in [4.69, 9.17) is 20.6 Å². The lowest BCUT2D eigenvalue weighted by Gasteiger charge is -2.20. The molecule has 0 heterocycles. The van der Waals surface area contributed by atoms with Crippen LogP contribution in [0.5, 0.6) is 0 Å². The van der Waals surface area contributed by atoms with Crippen LogP contribution < -0.4 is 21.7 Å². The van der Waals surface area contributed by atoms with Gasteiger partial charge in [0, 0.05) is 12.1 Å². The van der Waals surface area contributed by atoms with Crippen molar-refractivity contribution in [2.24, 2.45) is 5.73 Å². The molecule has 14 heteroatoms. The Labute approximate surface area is 256 Å². The highest BCUT2D eigenvalue weighted by Crippen LogP contribution is 2.29. The van der Waals surface area contributed by atoms with Gasteiger partial charge in [0.25, 0.3) is 5.91 Å². The predicted octanol–water partition coefficient (Wildman–Crippen LogP) is 4.17. The number of rotatable bonds is 12. The summed E-state index contributed by atoms with van der Waals surface area (Å²) in [7, 11) is 0. The van der Waals surface area contributed by atoms with Crippen molar-refractivity contribution < 1.29 is 41.8 Å². The van der Waals surface area contributed by atoms with Crippen molar-refractivity contribution in [1.29, 1.82) is 5.41 Å². The summed E-state index contributed by atoms with van der Waals surface area (Å²) in [6.07, 6.45) is -7.86. The molecule has 3 aromatic rings. The molecule has 0 aliphatic rings. The number of halogens is 3. The number of nitrogens with two attached hydrogens (primary N) is 1. The maximum absolute atomic E-state index is 12.8. The highest BCUT2D eigenvalue weighted by atomic mass is 19.4. The molecular formula is C31H32F3N5O6. The van der Waals surface area contributed by atoms with Crippen LogP contribution in [0.4, 0.5) is 22.8 Å². The van der Waals surface area contributed by atoms with Gasteiger partial charge < -0.3 is 25.8 Å². The predicted molar refractivity (Wildman–Crippen MR) is 157 cm³/mol. The summed E-state index contributed by atoms with van der Waals surface area (Å²) in [5.74, 6) is -1.53. The number of alkyl carbamates (subject to hydrolysis) is 1. The molecule has 11 nitrogen and oxygen atoms in total. The maximum atomic E-state index is 12.8. The quantitative estimate of drug-likeness (QED) is 0.149. The molecule has 0 saturated heterocycles. The minimum Gasteiger partial charge on any atom is -0.444 e. The third-order valence-electron chi connectivity index (χ3n) is 6.43. The fraction of sp³-hybridized carbons (Fsp3) is 0.258. The molecule has 0 aliphatic carbocycles. The SMILES string of the molecule is CC(NC(=O)C(CCc1ccc(C(F)(F)F)cc1)OC(N)=O)C(=O)NCc1ccc(C(=N)NC(=O)OCc2ccccc2)cc1. The summed E-state index contributed by atoms with van der Waals surface area (Å²) >= 11 is 0. The third kappa shape index (κ3) is 11.3. The zero-order valence-corrected chi connectivity index (χ0v) is 24.1. The number of hydrogen-bond donors (Lipinski definition) is 5. The molecule has 0 aromatic heterocycles. The number of carbonyl (C=O) groups is 4. The van der Waals surface area contributed by atoms with Gasteiger partial charge in [-0.05, 0) is 48.6 Å². The van der Waals surface area contributed by atoms with Crippen molar-refractivity contribution in [2.75, 3.05) is 0 Å². The van der Waals surface area contributed by atoms with Crippen LogP contribution >= 0.6 is 0 Å². The molecule has 238 valence electrons. The Morgan fingerprint density at radius 1 is 0.867 bits per heavy atom. The Kier molecular flexibility index (Phi) is 12.0. The number of nitrogens with one attached hydrogen (secondary N) is 4. The molecule has 2 atom stereocenters. The first kappa shape index (κ1) is 34.1. The topological polar surface area (TPSA) is 173 Å². The molecule has 0 saturated carbocycles. The summed E-state index contributed by atoms with van der Waals surface area (Å²) in [4.78, 5) is 48.7. The zero-order valence-electron chi connectivity index (χ0n) is 24.1. The van der Waals surface area contributed by atoms with E-state index in [-0.39, 0.29) is 31.8 Å². The number of aryl methyl sites for hydroxylation is 1. The number of carbonyl (C=O) groups excluding carboxylic acids is 4. The number of amidine groups is 1. The molecule has 0 aliphatic heterocycles. The second-order valence-corrected chi connectivity index (χ2v) is 9.87. The van der Waals surface area contributed by atoms with Gasteiger partial charge in [-0.3, -0.25) is 20.3 Å². The first-order chi connectivity index (χ1) is 21.3. The van der Waals surface area contributed by atoms with Crippen molar-refractivity contribution in [3.63, 3.8) is 0 Å². The van der Waals surface area contributed by atoms with Gasteiger partial charge in [0.1, 0.15) is 18.5 Å². The Morgan fingerprint density at radius 3 is 2.09 bits per heavy atom. The maximum Gasteiger partial charge on any atom is 0.416 e. The lowest BCUT2D eigenvalue weighted by molar-refractivity contribution is -0.137. The van der Waals surface area contributed by atoms with Crippen LogP contribution in [0.1, 0.15) is 41.2 Å². The van der Waals surface area contributed by atoms with E-state index in [1.54, 1.807) is 36.4 Å². The monoisotopic (exact) mass is 627 g/mol. The largest absolute Gasteiger partial charge is 0.444 e. The van der Waals surface area contributed by atoms with E-state index in [2.05, 4.69) is 16.0 Å². The lowest BCUT2D eigenvalue weighted by Crippen LogP contribution is -2.49. The van der Waals surface area contributed by atoms with Gasteiger partial charge in [0.15, 0.2) is 6.10 Å². The zero-order chi connectivity index (χ0) is 33.0. The van der Waals surface area contributed by atoms with Crippen LogP contribution in [0.15, 0.2) is 78.9 Å². The first-order valence-electron chi connectivity index (χ1n) is 13.7. The molecule has 0 spiro atoms. The molecule has 45 heavy (non-hydrogen) atoms. The van der Waals surface area contributed by atoms with Crippen LogP contribution in [0.25, 0.3) is 0 Å². The first-order valence-corrected chi connectivity index (χ1v) is 13.7. The number of primary amides is 1. The molecule has 0 fully saturated rings. The minimum atomic E-state index is -4.49. The summed E-state index contributed by atoms with van der Waals surface area (Å²) in [5, 5.41) is 15.5. The second-order valence-electron chi connectivity index (χ2n) is 9.87. The van der Waals surface area contributed by atoms with Gasteiger partial charge in [-0.15, -0.1) is 0 Å². The number of alkyl halides is 3. The van der Waals surface area contributed by atoms with Gasteiger partial charge in [-0.25, -0.2) is 9.59 Å². The molecule has 3 aromatic carbocycles. The number of hydrogen-bond acceptors (Lipinski definition) is 7. The number of amides is 4. The van der Waals surface area contributed by atoms with E-state index in [0.29, 0.717) is 16.7 Å². The Hall–Kier alpha value is -5.40. The highest BCUT2D eigenvalue weighted by molar-refractivity contribution is 6.04. The van der Waals surface area contributed by atoms with Gasteiger partial charge >= 0.3 is 18.4 Å². The highest BCUT2D eigenvalue weighted by Gasteiger charge is 2.30. The van der Waals surface area contributed by atoms with Crippen LogP contribution in [0.3, 0.4) is 0 Å². The molecule has 3 rings (SSSR count). The summed E-state index contributed by atoms with van der Waals surface area (Å²) in [6, 6.07) is 18.8. The summed E-state index contributed by atoms with van der Waals surface area (Å²) in [6.45, 7) is 1.55. The third-order valence-corrected chi connectivity index (χ3v) is 6.43. The normalized spacial score (nSPS) is 12.3. The van der Waals surface area contributed by atoms with E-state index in [0.717, 1.165) is 17.7 Å². The van der Waals surface area contributed by atoms with Gasteiger partial charge in [0.05, 0.1) is 5.56 Å². The summed E-state index contributed by atoms with van der Waals surface area (Å²) < 4.78 is 48.3. The Morgan fingerprint density at radius 2 is 1.49 bits per heavy atom. The standard InChI is InChI=1S/C31H32F3N5O6/c1-19(38-28(41)25(45-29(36)42)16-11-20-9-14-24(15-10-20)31(32,33)34)27(40)37-17-21-7-12-23(13-8-21)26(35)39-30(43)44-18-22-5-3-2-4-6-22/h2-10,12-15,19,25H,11,16-18H2,1H3,(H2,36,42)(H,37,40)(H,38,41)(H2,35,39,43). The van der Waals surface area contributed by atoms with E-state index >= 15 is 0 Å².